The molecule has 2 aromatic heterocycles. The molecule has 0 saturated heterocycles. The molecule has 0 radical (unpaired) electrons. The lowest BCUT2D eigenvalue weighted by Crippen LogP contribution is -2.23. The van der Waals surface area contributed by atoms with Gasteiger partial charge in [0.2, 0.25) is 0 Å². The molecule has 3 aromatic rings. The van der Waals surface area contributed by atoms with Gasteiger partial charge in [-0.15, -0.1) is 0 Å². The van der Waals surface area contributed by atoms with E-state index in [0.717, 1.165) is 24.5 Å². The number of aryl methyl sites for hydroxylation is 5. The van der Waals surface area contributed by atoms with Crippen LogP contribution in [0.25, 0.3) is 0 Å². The van der Waals surface area contributed by atoms with Crippen molar-refractivity contribution in [3.63, 3.8) is 0 Å². The number of anilines is 1. The summed E-state index contributed by atoms with van der Waals surface area (Å²) < 4.78 is 3.85. The first-order valence-corrected chi connectivity index (χ1v) is 8.23. The molecule has 0 aliphatic rings. The van der Waals surface area contributed by atoms with Gasteiger partial charge >= 0.3 is 0 Å². The van der Waals surface area contributed by atoms with Crippen LogP contribution >= 0.6 is 0 Å². The van der Waals surface area contributed by atoms with Gasteiger partial charge in [-0.05, 0) is 45.0 Å². The number of nitrogens with zero attached hydrogens (tertiary/aromatic N) is 5. The van der Waals surface area contributed by atoms with Crippen LogP contribution in [0.5, 0.6) is 0 Å². The number of aromatic nitrogens is 4. The Kier molecular flexibility index (Phi) is 4.42. The Hall–Kier alpha value is -2.56. The lowest BCUT2D eigenvalue weighted by Gasteiger charge is -2.23. The van der Waals surface area contributed by atoms with Crippen LogP contribution in [0, 0.1) is 20.8 Å². The van der Waals surface area contributed by atoms with Gasteiger partial charge in [0.1, 0.15) is 0 Å². The summed E-state index contributed by atoms with van der Waals surface area (Å²) in [5.74, 6) is 0. The Morgan fingerprint density at radius 2 is 1.25 bits per heavy atom. The average molecular weight is 323 g/mol. The van der Waals surface area contributed by atoms with Crippen LogP contribution in [0.2, 0.25) is 0 Å². The highest BCUT2D eigenvalue weighted by Crippen LogP contribution is 2.20. The summed E-state index contributed by atoms with van der Waals surface area (Å²) in [6.45, 7) is 7.79. The average Bonchev–Trinajstić information content (AvgIpc) is 3.01. The molecule has 0 N–H and O–H groups in total. The molecule has 0 bridgehead atoms. The lowest BCUT2D eigenvalue weighted by molar-refractivity contribution is 0.682. The third-order valence-corrected chi connectivity index (χ3v) is 4.43. The Balaban J connectivity index is 1.88. The van der Waals surface area contributed by atoms with Crippen molar-refractivity contribution in [3.05, 3.63) is 64.7 Å². The van der Waals surface area contributed by atoms with E-state index in [1.54, 1.807) is 0 Å². The molecule has 0 atom stereocenters. The van der Waals surface area contributed by atoms with Gasteiger partial charge in [-0.25, -0.2) is 0 Å². The van der Waals surface area contributed by atoms with Gasteiger partial charge in [0, 0.05) is 31.2 Å². The number of rotatable bonds is 5. The molecule has 0 saturated carbocycles. The normalized spacial score (nSPS) is 11.0. The third kappa shape index (κ3) is 3.50. The summed E-state index contributed by atoms with van der Waals surface area (Å²) >= 11 is 0. The van der Waals surface area contributed by atoms with E-state index < -0.39 is 0 Å². The first-order chi connectivity index (χ1) is 11.4. The summed E-state index contributed by atoms with van der Waals surface area (Å²) in [5.41, 5.74) is 6.94. The van der Waals surface area contributed by atoms with Crippen LogP contribution in [0.3, 0.4) is 0 Å². The molecule has 1 aromatic carbocycles. The predicted molar refractivity (Wildman–Crippen MR) is 97.0 cm³/mol. The molecule has 0 unspecified atom stereocenters. The zero-order valence-electron chi connectivity index (χ0n) is 15.1. The molecule has 24 heavy (non-hydrogen) atoms. The topological polar surface area (TPSA) is 38.9 Å². The largest absolute Gasteiger partial charge is 0.360 e. The molecule has 0 amide bonds. The zero-order valence-corrected chi connectivity index (χ0v) is 15.1. The fourth-order valence-electron chi connectivity index (χ4n) is 2.81. The van der Waals surface area contributed by atoms with Gasteiger partial charge < -0.3 is 4.90 Å². The van der Waals surface area contributed by atoms with E-state index in [1.807, 2.05) is 23.5 Å². The quantitative estimate of drug-likeness (QED) is 0.723. The number of benzene rings is 1. The minimum Gasteiger partial charge on any atom is -0.360 e. The molecule has 0 aliphatic carbocycles. The molecule has 3 rings (SSSR count). The van der Waals surface area contributed by atoms with Crippen molar-refractivity contribution in [2.75, 3.05) is 4.90 Å². The van der Waals surface area contributed by atoms with Crippen LogP contribution in [-0.4, -0.2) is 19.6 Å². The molecular weight excluding hydrogens is 298 g/mol. The Bertz CT molecular complexity index is 739. The standard InChI is InChI=1S/C19H25N5/c1-14-6-8-19(9-7-14)24(12-17-10-15(2)22(4)20-17)13-18-11-16(3)23(5)21-18/h6-11H,12-13H2,1-5H3. The van der Waals surface area contributed by atoms with Crippen molar-refractivity contribution >= 4 is 5.69 Å². The van der Waals surface area contributed by atoms with Crippen molar-refractivity contribution in [2.24, 2.45) is 14.1 Å². The minimum absolute atomic E-state index is 0.764. The van der Waals surface area contributed by atoms with Crippen molar-refractivity contribution in [3.8, 4) is 0 Å². The van der Waals surface area contributed by atoms with E-state index in [0.29, 0.717) is 0 Å². The fourth-order valence-corrected chi connectivity index (χ4v) is 2.81. The Labute approximate surface area is 143 Å². The second-order valence-electron chi connectivity index (χ2n) is 6.49. The highest BCUT2D eigenvalue weighted by Gasteiger charge is 2.13. The van der Waals surface area contributed by atoms with E-state index in [2.05, 4.69) is 72.3 Å². The maximum atomic E-state index is 4.61. The van der Waals surface area contributed by atoms with Gasteiger partial charge in [0.05, 0.1) is 24.5 Å². The second-order valence-corrected chi connectivity index (χ2v) is 6.49. The highest BCUT2D eigenvalue weighted by atomic mass is 15.3. The van der Waals surface area contributed by atoms with Crippen molar-refractivity contribution in [2.45, 2.75) is 33.9 Å². The lowest BCUT2D eigenvalue weighted by atomic mass is 10.2. The van der Waals surface area contributed by atoms with E-state index in [1.165, 1.54) is 22.6 Å². The van der Waals surface area contributed by atoms with Gasteiger partial charge in [0.25, 0.3) is 0 Å². The van der Waals surface area contributed by atoms with Crippen molar-refractivity contribution in [1.82, 2.24) is 19.6 Å². The van der Waals surface area contributed by atoms with E-state index in [-0.39, 0.29) is 0 Å². The first kappa shape index (κ1) is 16.3. The molecule has 0 spiro atoms. The van der Waals surface area contributed by atoms with Gasteiger partial charge in [0.15, 0.2) is 0 Å². The summed E-state index contributed by atoms with van der Waals surface area (Å²) in [5, 5.41) is 9.21. The summed E-state index contributed by atoms with van der Waals surface area (Å²) in [4.78, 5) is 2.32. The zero-order chi connectivity index (χ0) is 17.3. The third-order valence-electron chi connectivity index (χ3n) is 4.43. The van der Waals surface area contributed by atoms with Crippen LogP contribution < -0.4 is 4.90 Å². The van der Waals surface area contributed by atoms with Gasteiger partial charge in [-0.3, -0.25) is 9.36 Å². The molecule has 5 nitrogen and oxygen atoms in total. The summed E-state index contributed by atoms with van der Waals surface area (Å²) in [7, 11) is 3.97. The summed E-state index contributed by atoms with van der Waals surface area (Å²) in [6, 6.07) is 12.9. The second kappa shape index (κ2) is 6.51. The summed E-state index contributed by atoms with van der Waals surface area (Å²) in [6.07, 6.45) is 0. The Morgan fingerprint density at radius 3 is 1.62 bits per heavy atom. The molecule has 126 valence electrons. The molecule has 5 heteroatoms. The molecule has 0 aliphatic heterocycles. The highest BCUT2D eigenvalue weighted by molar-refractivity contribution is 5.48. The maximum Gasteiger partial charge on any atom is 0.0820 e. The predicted octanol–water partition coefficient (Wildman–Crippen LogP) is 3.29. The Morgan fingerprint density at radius 1 is 0.792 bits per heavy atom. The monoisotopic (exact) mass is 323 g/mol. The van der Waals surface area contributed by atoms with Crippen molar-refractivity contribution < 1.29 is 0 Å². The first-order valence-electron chi connectivity index (χ1n) is 8.23. The maximum absolute atomic E-state index is 4.61. The van der Waals surface area contributed by atoms with Crippen LogP contribution in [0.1, 0.15) is 28.3 Å². The van der Waals surface area contributed by atoms with Crippen LogP contribution in [-0.2, 0) is 27.2 Å². The van der Waals surface area contributed by atoms with Gasteiger partial charge in [-0.1, -0.05) is 17.7 Å². The van der Waals surface area contributed by atoms with E-state index >= 15 is 0 Å². The minimum atomic E-state index is 0.764. The molecule has 2 heterocycles. The van der Waals surface area contributed by atoms with Crippen molar-refractivity contribution in [1.29, 1.82) is 0 Å². The smallest absolute Gasteiger partial charge is 0.0820 e. The van der Waals surface area contributed by atoms with Crippen LogP contribution in [0.4, 0.5) is 5.69 Å². The number of hydrogen-bond acceptors (Lipinski definition) is 3. The van der Waals surface area contributed by atoms with Crippen LogP contribution in [0.15, 0.2) is 36.4 Å². The molecular formula is C19H25N5. The SMILES string of the molecule is Cc1ccc(N(Cc2cc(C)n(C)n2)Cc2cc(C)n(C)n2)cc1. The fraction of sp³-hybridized carbons (Fsp3) is 0.368. The van der Waals surface area contributed by atoms with Gasteiger partial charge in [-0.2, -0.15) is 10.2 Å². The number of hydrogen-bond donors (Lipinski definition) is 0. The van der Waals surface area contributed by atoms with E-state index in [9.17, 15) is 0 Å². The molecule has 0 fully saturated rings. The van der Waals surface area contributed by atoms with E-state index in [4.69, 9.17) is 0 Å².